The lowest BCUT2D eigenvalue weighted by Gasteiger charge is -2.00. The van der Waals surface area contributed by atoms with E-state index in [4.69, 9.17) is 4.74 Å². The average molecular weight is 209 g/mol. The third-order valence-electron chi connectivity index (χ3n) is 2.34. The predicted molar refractivity (Wildman–Crippen MR) is 59.7 cm³/mol. The molecular formula is C12H19NO2. The van der Waals surface area contributed by atoms with E-state index in [1.807, 2.05) is 13.1 Å². The van der Waals surface area contributed by atoms with Crippen LogP contribution >= 0.6 is 0 Å². The molecule has 0 aliphatic rings. The fraction of sp³-hybridized carbons (Fsp3) is 0.583. The molecule has 0 saturated heterocycles. The van der Waals surface area contributed by atoms with Crippen molar-refractivity contribution in [2.45, 2.75) is 39.5 Å². The van der Waals surface area contributed by atoms with E-state index in [1.54, 1.807) is 0 Å². The van der Waals surface area contributed by atoms with Gasteiger partial charge in [-0.25, -0.2) is 0 Å². The maximum atomic E-state index is 11.1. The van der Waals surface area contributed by atoms with E-state index in [2.05, 4.69) is 18.0 Å². The molecule has 0 aromatic carbocycles. The quantitative estimate of drug-likeness (QED) is 0.731. The number of nitrogens with one attached hydrogen (secondary N) is 1. The highest BCUT2D eigenvalue weighted by molar-refractivity contribution is 5.69. The van der Waals surface area contributed by atoms with Crippen molar-refractivity contribution in [1.82, 2.24) is 4.98 Å². The summed E-state index contributed by atoms with van der Waals surface area (Å²) < 4.78 is 4.86. The molecule has 84 valence electrons. The second-order valence-electron chi connectivity index (χ2n) is 3.55. The van der Waals surface area contributed by atoms with Crippen molar-refractivity contribution in [2.24, 2.45) is 0 Å². The van der Waals surface area contributed by atoms with Gasteiger partial charge in [0.25, 0.3) is 0 Å². The predicted octanol–water partition coefficient (Wildman–Crippen LogP) is 2.46. The van der Waals surface area contributed by atoms with Crippen LogP contribution in [0.3, 0.4) is 0 Å². The number of hydrogen-bond acceptors (Lipinski definition) is 2. The van der Waals surface area contributed by atoms with E-state index in [-0.39, 0.29) is 5.97 Å². The molecule has 3 nitrogen and oxygen atoms in total. The fourth-order valence-corrected chi connectivity index (χ4v) is 1.51. The monoisotopic (exact) mass is 209 g/mol. The molecule has 0 bridgehead atoms. The highest BCUT2D eigenvalue weighted by Crippen LogP contribution is 2.08. The van der Waals surface area contributed by atoms with Crippen LogP contribution in [-0.4, -0.2) is 17.6 Å². The minimum atomic E-state index is -0.0937. The zero-order valence-corrected chi connectivity index (χ0v) is 9.51. The number of carbonyl (C=O) groups excluding carboxylic acids is 1. The summed E-state index contributed by atoms with van der Waals surface area (Å²) in [5, 5.41) is 0. The van der Waals surface area contributed by atoms with E-state index < -0.39 is 0 Å². The van der Waals surface area contributed by atoms with Crippen molar-refractivity contribution < 1.29 is 9.53 Å². The first kappa shape index (κ1) is 11.8. The molecule has 0 spiro atoms. The van der Waals surface area contributed by atoms with Gasteiger partial charge in [-0.1, -0.05) is 6.92 Å². The molecule has 1 rings (SSSR count). The maximum Gasteiger partial charge on any atom is 0.305 e. The zero-order chi connectivity index (χ0) is 11.1. The molecule has 1 aromatic heterocycles. The topological polar surface area (TPSA) is 42.1 Å². The Morgan fingerprint density at radius 3 is 2.87 bits per heavy atom. The van der Waals surface area contributed by atoms with Crippen LogP contribution in [0.15, 0.2) is 12.3 Å². The lowest BCUT2D eigenvalue weighted by molar-refractivity contribution is -0.143. The Hall–Kier alpha value is -1.25. The van der Waals surface area contributed by atoms with Crippen LogP contribution in [-0.2, 0) is 22.4 Å². The summed E-state index contributed by atoms with van der Waals surface area (Å²) in [6.45, 7) is 4.43. The first-order valence-corrected chi connectivity index (χ1v) is 5.58. The molecule has 1 aromatic rings. The zero-order valence-electron chi connectivity index (χ0n) is 9.51. The molecule has 0 fully saturated rings. The smallest absolute Gasteiger partial charge is 0.305 e. The molecule has 15 heavy (non-hydrogen) atoms. The molecule has 1 heterocycles. The van der Waals surface area contributed by atoms with Crippen LogP contribution in [0, 0.1) is 0 Å². The Bertz CT molecular complexity index is 304. The molecule has 0 radical (unpaired) electrons. The van der Waals surface area contributed by atoms with Crippen LogP contribution < -0.4 is 0 Å². The third-order valence-corrected chi connectivity index (χ3v) is 2.34. The van der Waals surface area contributed by atoms with Gasteiger partial charge in [-0.05, 0) is 37.8 Å². The van der Waals surface area contributed by atoms with Gasteiger partial charge in [-0.3, -0.25) is 4.79 Å². The van der Waals surface area contributed by atoms with E-state index in [1.165, 1.54) is 11.3 Å². The second kappa shape index (κ2) is 6.27. The van der Waals surface area contributed by atoms with Gasteiger partial charge in [0.05, 0.1) is 6.61 Å². The highest BCUT2D eigenvalue weighted by Gasteiger charge is 2.02. The van der Waals surface area contributed by atoms with E-state index >= 15 is 0 Å². The largest absolute Gasteiger partial charge is 0.466 e. The molecular weight excluding hydrogens is 190 g/mol. The van der Waals surface area contributed by atoms with E-state index in [9.17, 15) is 4.79 Å². The van der Waals surface area contributed by atoms with Gasteiger partial charge in [-0.2, -0.15) is 0 Å². The van der Waals surface area contributed by atoms with Crippen LogP contribution in [0.5, 0.6) is 0 Å². The summed E-state index contributed by atoms with van der Waals surface area (Å²) in [6, 6.07) is 2.16. The van der Waals surface area contributed by atoms with Crippen molar-refractivity contribution in [3.05, 3.63) is 23.5 Å². The summed E-state index contributed by atoms with van der Waals surface area (Å²) in [6.07, 6.45) is 5.36. The van der Waals surface area contributed by atoms with Crippen molar-refractivity contribution >= 4 is 5.97 Å². The Morgan fingerprint density at radius 2 is 2.27 bits per heavy atom. The van der Waals surface area contributed by atoms with E-state index in [0.29, 0.717) is 13.0 Å². The highest BCUT2D eigenvalue weighted by atomic mass is 16.5. The van der Waals surface area contributed by atoms with Crippen molar-refractivity contribution in [3.8, 4) is 0 Å². The van der Waals surface area contributed by atoms with Crippen LogP contribution in [0.2, 0.25) is 0 Å². The minimum Gasteiger partial charge on any atom is -0.466 e. The van der Waals surface area contributed by atoms with Crippen LogP contribution in [0.25, 0.3) is 0 Å². The molecule has 0 unspecified atom stereocenters. The fourth-order valence-electron chi connectivity index (χ4n) is 1.51. The Kier molecular flexibility index (Phi) is 4.95. The molecule has 0 atom stereocenters. The number of esters is 1. The molecule has 0 aliphatic heterocycles. The molecule has 0 aliphatic carbocycles. The number of rotatable bonds is 6. The number of aromatic nitrogens is 1. The second-order valence-corrected chi connectivity index (χ2v) is 3.55. The van der Waals surface area contributed by atoms with Crippen molar-refractivity contribution in [3.63, 3.8) is 0 Å². The third kappa shape index (κ3) is 4.19. The summed E-state index contributed by atoms with van der Waals surface area (Å²) in [5.41, 5.74) is 2.53. The normalized spacial score (nSPS) is 10.3. The number of H-pyrrole nitrogens is 1. The van der Waals surface area contributed by atoms with Gasteiger partial charge in [0.2, 0.25) is 0 Å². The lowest BCUT2D eigenvalue weighted by atomic mass is 10.1. The number of aryl methyl sites for hydroxylation is 2. The number of ether oxygens (including phenoxy) is 1. The Labute approximate surface area is 90.8 Å². The van der Waals surface area contributed by atoms with Gasteiger partial charge < -0.3 is 9.72 Å². The van der Waals surface area contributed by atoms with Crippen LogP contribution in [0.4, 0.5) is 0 Å². The van der Waals surface area contributed by atoms with Crippen molar-refractivity contribution in [1.29, 1.82) is 0 Å². The molecule has 0 amide bonds. The van der Waals surface area contributed by atoms with Gasteiger partial charge in [0, 0.05) is 18.3 Å². The number of carbonyl (C=O) groups is 1. The first-order chi connectivity index (χ1) is 7.26. The van der Waals surface area contributed by atoms with Gasteiger partial charge in [-0.15, -0.1) is 0 Å². The van der Waals surface area contributed by atoms with Gasteiger partial charge >= 0.3 is 5.97 Å². The Morgan fingerprint density at radius 1 is 1.47 bits per heavy atom. The van der Waals surface area contributed by atoms with Gasteiger partial charge in [0.15, 0.2) is 0 Å². The molecule has 0 saturated carbocycles. The summed E-state index contributed by atoms with van der Waals surface area (Å²) in [5.74, 6) is -0.0937. The van der Waals surface area contributed by atoms with Crippen LogP contribution in [0.1, 0.15) is 37.9 Å². The van der Waals surface area contributed by atoms with E-state index in [0.717, 1.165) is 19.3 Å². The number of hydrogen-bond donors (Lipinski definition) is 1. The SMILES string of the molecule is CCOC(=O)CCCc1c[nH]c(CC)c1. The lowest BCUT2D eigenvalue weighted by Crippen LogP contribution is -2.03. The average Bonchev–Trinajstić information content (AvgIpc) is 2.66. The number of aromatic amines is 1. The minimum absolute atomic E-state index is 0.0937. The Balaban J connectivity index is 2.22. The van der Waals surface area contributed by atoms with Crippen molar-refractivity contribution in [2.75, 3.05) is 6.61 Å². The maximum absolute atomic E-state index is 11.1. The summed E-state index contributed by atoms with van der Waals surface area (Å²) in [7, 11) is 0. The summed E-state index contributed by atoms with van der Waals surface area (Å²) in [4.78, 5) is 14.3. The standard InChI is InChI=1S/C12H19NO2/c1-3-11-8-10(9-13-11)6-5-7-12(14)15-4-2/h8-9,13H,3-7H2,1-2H3. The molecule has 1 N–H and O–H groups in total. The first-order valence-electron chi connectivity index (χ1n) is 5.58. The van der Waals surface area contributed by atoms with Gasteiger partial charge in [0.1, 0.15) is 0 Å². The molecule has 3 heteroatoms. The summed E-state index contributed by atoms with van der Waals surface area (Å²) >= 11 is 0.